The Hall–Kier alpha value is -1.51. The van der Waals surface area contributed by atoms with E-state index in [1.54, 1.807) is 0 Å². The molecule has 3 nitrogen and oxygen atoms in total. The normalized spacial score (nSPS) is 18.4. The molecule has 0 aromatic heterocycles. The summed E-state index contributed by atoms with van der Waals surface area (Å²) in [5.74, 6) is 0.901. The highest BCUT2D eigenvalue weighted by Gasteiger charge is 2.10. The van der Waals surface area contributed by atoms with Crippen molar-refractivity contribution in [3.63, 3.8) is 0 Å². The molecule has 1 unspecified atom stereocenters. The van der Waals surface area contributed by atoms with E-state index in [1.165, 1.54) is 32.4 Å². The van der Waals surface area contributed by atoms with Gasteiger partial charge in [-0.1, -0.05) is 44.4 Å². The minimum Gasteiger partial charge on any atom is -0.498 e. The monoisotopic (exact) mass is 264 g/mol. The third-order valence-electron chi connectivity index (χ3n) is 3.04. The number of allylic oxidation sites excluding steroid dienone is 5. The van der Waals surface area contributed by atoms with Gasteiger partial charge in [0.15, 0.2) is 0 Å². The van der Waals surface area contributed by atoms with E-state index in [2.05, 4.69) is 17.7 Å². The zero-order valence-electron chi connectivity index (χ0n) is 11.9. The van der Waals surface area contributed by atoms with E-state index >= 15 is 0 Å². The Labute approximate surface area is 116 Å². The van der Waals surface area contributed by atoms with Gasteiger partial charge in [-0.2, -0.15) is 0 Å². The molecule has 1 atom stereocenters. The predicted octanol–water partition coefficient (Wildman–Crippen LogP) is 3.77. The molecule has 3 heteroatoms. The number of carbonyl (C=O) groups is 1. The van der Waals surface area contributed by atoms with Gasteiger partial charge >= 0.3 is 5.97 Å². The molecule has 0 aromatic rings. The van der Waals surface area contributed by atoms with Gasteiger partial charge in [0.1, 0.15) is 0 Å². The summed E-state index contributed by atoms with van der Waals surface area (Å²) in [5.41, 5.74) is 0. The van der Waals surface area contributed by atoms with Crippen LogP contribution >= 0.6 is 0 Å². The lowest BCUT2D eigenvalue weighted by Crippen LogP contribution is -2.05. The van der Waals surface area contributed by atoms with Crippen LogP contribution in [0.1, 0.15) is 39.0 Å². The van der Waals surface area contributed by atoms with Crippen molar-refractivity contribution >= 4 is 5.97 Å². The van der Waals surface area contributed by atoms with Gasteiger partial charge in [-0.25, -0.2) is 4.79 Å². The highest BCUT2D eigenvalue weighted by Crippen LogP contribution is 2.21. The summed E-state index contributed by atoms with van der Waals surface area (Å²) < 4.78 is 10.3. The Morgan fingerprint density at radius 3 is 3.00 bits per heavy atom. The predicted molar refractivity (Wildman–Crippen MR) is 76.6 cm³/mol. The lowest BCUT2D eigenvalue weighted by Gasteiger charge is -2.16. The minimum absolute atomic E-state index is 0.217. The molecule has 1 rings (SSSR count). The van der Waals surface area contributed by atoms with Crippen molar-refractivity contribution in [2.45, 2.75) is 39.0 Å². The second-order valence-electron chi connectivity index (χ2n) is 4.68. The van der Waals surface area contributed by atoms with Gasteiger partial charge in [0.2, 0.25) is 0 Å². The summed E-state index contributed by atoms with van der Waals surface area (Å²) in [7, 11) is 1.38. The first kappa shape index (κ1) is 15.5. The number of esters is 1. The summed E-state index contributed by atoms with van der Waals surface area (Å²) in [6.07, 6.45) is 15.0. The van der Waals surface area contributed by atoms with Crippen LogP contribution in [0.2, 0.25) is 0 Å². The molecule has 0 saturated carbocycles. The first-order valence-corrected chi connectivity index (χ1v) is 7.02. The zero-order chi connectivity index (χ0) is 13.9. The van der Waals surface area contributed by atoms with E-state index in [4.69, 9.17) is 4.74 Å². The van der Waals surface area contributed by atoms with E-state index in [-0.39, 0.29) is 11.9 Å². The van der Waals surface area contributed by atoms with Crippen LogP contribution in [0, 0.1) is 5.92 Å². The molecule has 0 aromatic carbocycles. The fourth-order valence-electron chi connectivity index (χ4n) is 1.92. The molecule has 0 N–H and O–H groups in total. The lowest BCUT2D eigenvalue weighted by atomic mass is 9.99. The number of hydrogen-bond donors (Lipinski definition) is 0. The third-order valence-corrected chi connectivity index (χ3v) is 3.04. The minimum atomic E-state index is -0.315. The molecule has 0 heterocycles. The van der Waals surface area contributed by atoms with Crippen molar-refractivity contribution in [3.05, 3.63) is 36.1 Å². The molecule has 0 fully saturated rings. The fourth-order valence-corrected chi connectivity index (χ4v) is 1.92. The van der Waals surface area contributed by atoms with Gasteiger partial charge in [0.05, 0.1) is 19.5 Å². The van der Waals surface area contributed by atoms with Gasteiger partial charge < -0.3 is 9.47 Å². The maximum absolute atomic E-state index is 11.0. The number of unbranched alkanes of at least 4 members (excludes halogenated alkanes) is 3. The number of ether oxygens (including phenoxy) is 2. The fraction of sp³-hybridized carbons (Fsp3) is 0.562. The smallest absolute Gasteiger partial charge is 0.330 e. The molecular formula is C16H24O3. The van der Waals surface area contributed by atoms with Crippen molar-refractivity contribution in [1.29, 1.82) is 0 Å². The molecule has 0 saturated heterocycles. The van der Waals surface area contributed by atoms with Crippen LogP contribution in [0.3, 0.4) is 0 Å². The van der Waals surface area contributed by atoms with E-state index < -0.39 is 0 Å². The third kappa shape index (κ3) is 6.85. The summed E-state index contributed by atoms with van der Waals surface area (Å²) in [5, 5.41) is 0. The largest absolute Gasteiger partial charge is 0.498 e. The number of rotatable bonds is 8. The average molecular weight is 264 g/mol. The maximum atomic E-state index is 11.0. The quantitative estimate of drug-likeness (QED) is 0.380. The molecule has 1 aliphatic carbocycles. The molecule has 0 aliphatic heterocycles. The molecule has 0 radical (unpaired) electrons. The van der Waals surface area contributed by atoms with Crippen LogP contribution in [0.15, 0.2) is 36.1 Å². The summed E-state index contributed by atoms with van der Waals surface area (Å²) in [4.78, 5) is 11.0. The molecule has 0 spiro atoms. The Kier molecular flexibility index (Phi) is 7.71. The number of methoxy groups -OCH3 is 1. The standard InChI is InChI=1S/C16H24O3/c1-3-4-5-6-12-19-15-9-7-8-14(13-15)10-11-16(17)18-2/h7-11,14H,3-6,12-13H2,1-2H3. The number of hydrogen-bond acceptors (Lipinski definition) is 3. The molecule has 0 bridgehead atoms. The Bertz CT molecular complexity index is 353. The van der Waals surface area contributed by atoms with Crippen molar-refractivity contribution in [2.75, 3.05) is 13.7 Å². The zero-order valence-corrected chi connectivity index (χ0v) is 11.9. The summed E-state index contributed by atoms with van der Waals surface area (Å²) >= 11 is 0. The average Bonchev–Trinajstić information content (AvgIpc) is 2.45. The van der Waals surface area contributed by atoms with Crippen LogP contribution in [-0.2, 0) is 14.3 Å². The lowest BCUT2D eigenvalue weighted by molar-refractivity contribution is -0.134. The highest BCUT2D eigenvalue weighted by molar-refractivity contribution is 5.81. The van der Waals surface area contributed by atoms with Crippen LogP contribution < -0.4 is 0 Å². The summed E-state index contributed by atoms with van der Waals surface area (Å²) in [6, 6.07) is 0. The second kappa shape index (κ2) is 9.42. The van der Waals surface area contributed by atoms with E-state index in [9.17, 15) is 4.79 Å². The highest BCUT2D eigenvalue weighted by atomic mass is 16.5. The SMILES string of the molecule is CCCCCCOC1=CC=CC(C=CC(=O)OC)C1. The van der Waals surface area contributed by atoms with E-state index in [0.29, 0.717) is 0 Å². The van der Waals surface area contributed by atoms with Crippen LogP contribution in [0.5, 0.6) is 0 Å². The van der Waals surface area contributed by atoms with Gasteiger partial charge in [0, 0.05) is 18.4 Å². The Morgan fingerprint density at radius 2 is 2.26 bits per heavy atom. The van der Waals surface area contributed by atoms with Crippen LogP contribution in [0.25, 0.3) is 0 Å². The van der Waals surface area contributed by atoms with E-state index in [1.807, 2.05) is 18.2 Å². The topological polar surface area (TPSA) is 35.5 Å². The Morgan fingerprint density at radius 1 is 1.42 bits per heavy atom. The second-order valence-corrected chi connectivity index (χ2v) is 4.68. The van der Waals surface area contributed by atoms with Crippen molar-refractivity contribution < 1.29 is 14.3 Å². The van der Waals surface area contributed by atoms with Crippen LogP contribution in [-0.4, -0.2) is 19.7 Å². The molecule has 1 aliphatic rings. The summed E-state index contributed by atoms with van der Waals surface area (Å²) in [6.45, 7) is 2.99. The maximum Gasteiger partial charge on any atom is 0.330 e. The van der Waals surface area contributed by atoms with Crippen molar-refractivity contribution in [3.8, 4) is 0 Å². The molecule has 106 valence electrons. The number of carbonyl (C=O) groups excluding carboxylic acids is 1. The van der Waals surface area contributed by atoms with Gasteiger partial charge in [-0.3, -0.25) is 0 Å². The Balaban J connectivity index is 2.26. The van der Waals surface area contributed by atoms with Gasteiger partial charge in [-0.05, 0) is 12.5 Å². The molecular weight excluding hydrogens is 240 g/mol. The van der Waals surface area contributed by atoms with E-state index in [0.717, 1.165) is 25.2 Å². The van der Waals surface area contributed by atoms with Crippen LogP contribution in [0.4, 0.5) is 0 Å². The van der Waals surface area contributed by atoms with Crippen molar-refractivity contribution in [1.82, 2.24) is 0 Å². The molecule has 19 heavy (non-hydrogen) atoms. The first-order chi connectivity index (χ1) is 9.26. The van der Waals surface area contributed by atoms with Crippen molar-refractivity contribution in [2.24, 2.45) is 5.92 Å². The van der Waals surface area contributed by atoms with Gasteiger partial charge in [-0.15, -0.1) is 0 Å². The molecule has 0 amide bonds. The first-order valence-electron chi connectivity index (χ1n) is 7.02. The van der Waals surface area contributed by atoms with Gasteiger partial charge in [0.25, 0.3) is 0 Å².